The molecule has 0 aliphatic rings. The molecule has 1 amide bonds. The van der Waals surface area contributed by atoms with Crippen LogP contribution in [0.1, 0.15) is 26.3 Å². The lowest BCUT2D eigenvalue weighted by Crippen LogP contribution is -2.38. The fourth-order valence-electron chi connectivity index (χ4n) is 2.27. The van der Waals surface area contributed by atoms with Crippen LogP contribution in [0.3, 0.4) is 0 Å². The molecule has 0 fully saturated rings. The Morgan fingerprint density at radius 2 is 1.90 bits per heavy atom. The number of likely N-dealkylation sites (N-methyl/N-ethyl adjacent to an activating group) is 2. The van der Waals surface area contributed by atoms with Crippen LogP contribution in [0.4, 0.5) is 5.69 Å². The zero-order valence-electron chi connectivity index (χ0n) is 13.6. The molecular weight excluding hydrogens is 266 g/mol. The summed E-state index contributed by atoms with van der Waals surface area (Å²) in [7, 11) is 1.93. The van der Waals surface area contributed by atoms with Crippen molar-refractivity contribution in [2.75, 3.05) is 39.0 Å². The normalized spacial score (nSPS) is 10.7. The maximum absolute atomic E-state index is 12.1. The number of carbonyl (C=O) groups excluding carboxylic acids is 1. The zero-order chi connectivity index (χ0) is 15.8. The highest BCUT2D eigenvalue weighted by atomic mass is 16.5. The molecule has 0 radical (unpaired) electrons. The maximum Gasteiger partial charge on any atom is 0.236 e. The molecular formula is C16H27N3O2. The van der Waals surface area contributed by atoms with Gasteiger partial charge in [0, 0.05) is 30.9 Å². The van der Waals surface area contributed by atoms with Gasteiger partial charge in [-0.05, 0) is 46.0 Å². The van der Waals surface area contributed by atoms with Gasteiger partial charge >= 0.3 is 0 Å². The van der Waals surface area contributed by atoms with E-state index in [1.165, 1.54) is 0 Å². The van der Waals surface area contributed by atoms with Crippen LogP contribution in [0.5, 0.6) is 5.75 Å². The molecule has 0 bridgehead atoms. The van der Waals surface area contributed by atoms with Crippen molar-refractivity contribution in [1.29, 1.82) is 0 Å². The summed E-state index contributed by atoms with van der Waals surface area (Å²) < 4.78 is 5.61. The molecule has 21 heavy (non-hydrogen) atoms. The van der Waals surface area contributed by atoms with Crippen molar-refractivity contribution in [1.82, 2.24) is 9.80 Å². The molecule has 118 valence electrons. The van der Waals surface area contributed by atoms with Gasteiger partial charge in [-0.3, -0.25) is 9.69 Å². The highest BCUT2D eigenvalue weighted by molar-refractivity contribution is 5.78. The van der Waals surface area contributed by atoms with Crippen molar-refractivity contribution < 1.29 is 9.53 Å². The Kier molecular flexibility index (Phi) is 7.02. The van der Waals surface area contributed by atoms with E-state index in [2.05, 4.69) is 0 Å². The maximum atomic E-state index is 12.1. The van der Waals surface area contributed by atoms with E-state index in [9.17, 15) is 4.79 Å². The van der Waals surface area contributed by atoms with Crippen molar-refractivity contribution in [3.8, 4) is 5.75 Å². The Hall–Kier alpha value is -1.75. The van der Waals surface area contributed by atoms with E-state index >= 15 is 0 Å². The fraction of sp³-hybridized carbons (Fsp3) is 0.562. The lowest BCUT2D eigenvalue weighted by atomic mass is 10.1. The van der Waals surface area contributed by atoms with Gasteiger partial charge in [-0.2, -0.15) is 0 Å². The minimum Gasteiger partial charge on any atom is -0.494 e. The number of anilines is 1. The number of benzene rings is 1. The van der Waals surface area contributed by atoms with Crippen LogP contribution in [-0.2, 0) is 11.3 Å². The summed E-state index contributed by atoms with van der Waals surface area (Å²) >= 11 is 0. The SMILES string of the molecule is CCOc1ccc(N)cc1CN(C)CC(=O)N(CC)CC. The summed E-state index contributed by atoms with van der Waals surface area (Å²) in [5.41, 5.74) is 7.55. The smallest absolute Gasteiger partial charge is 0.236 e. The first kappa shape index (κ1) is 17.3. The Balaban J connectivity index is 2.71. The van der Waals surface area contributed by atoms with E-state index in [0.29, 0.717) is 25.4 Å². The van der Waals surface area contributed by atoms with Gasteiger partial charge in [0.1, 0.15) is 5.75 Å². The zero-order valence-corrected chi connectivity index (χ0v) is 13.6. The molecule has 2 N–H and O–H groups in total. The number of nitrogen functional groups attached to an aromatic ring is 1. The van der Waals surface area contributed by atoms with Gasteiger partial charge in [-0.15, -0.1) is 0 Å². The van der Waals surface area contributed by atoms with Gasteiger partial charge < -0.3 is 15.4 Å². The molecule has 0 spiro atoms. The van der Waals surface area contributed by atoms with E-state index in [1.54, 1.807) is 0 Å². The fourth-order valence-corrected chi connectivity index (χ4v) is 2.27. The molecule has 0 atom stereocenters. The number of carbonyl (C=O) groups is 1. The van der Waals surface area contributed by atoms with Gasteiger partial charge in [0.25, 0.3) is 0 Å². The molecule has 0 heterocycles. The van der Waals surface area contributed by atoms with Crippen LogP contribution in [-0.4, -0.2) is 49.0 Å². The van der Waals surface area contributed by atoms with Crippen LogP contribution >= 0.6 is 0 Å². The monoisotopic (exact) mass is 293 g/mol. The number of nitrogens with zero attached hydrogens (tertiary/aromatic N) is 2. The van der Waals surface area contributed by atoms with Crippen LogP contribution in [0.25, 0.3) is 0 Å². The first-order valence-electron chi connectivity index (χ1n) is 7.49. The number of amides is 1. The number of nitrogens with two attached hydrogens (primary N) is 1. The molecule has 0 aliphatic carbocycles. The van der Waals surface area contributed by atoms with Crippen LogP contribution in [0.15, 0.2) is 18.2 Å². The summed E-state index contributed by atoms with van der Waals surface area (Å²) in [5, 5.41) is 0. The predicted molar refractivity (Wildman–Crippen MR) is 86.3 cm³/mol. The van der Waals surface area contributed by atoms with E-state index in [1.807, 2.05) is 55.8 Å². The molecule has 0 saturated heterocycles. The van der Waals surface area contributed by atoms with Crippen molar-refractivity contribution in [3.63, 3.8) is 0 Å². The third-order valence-electron chi connectivity index (χ3n) is 3.35. The molecule has 5 heteroatoms. The van der Waals surface area contributed by atoms with Gasteiger partial charge in [0.15, 0.2) is 0 Å². The van der Waals surface area contributed by atoms with Gasteiger partial charge in [0.05, 0.1) is 13.2 Å². The summed E-state index contributed by atoms with van der Waals surface area (Å²) in [6, 6.07) is 5.62. The Morgan fingerprint density at radius 1 is 1.24 bits per heavy atom. The van der Waals surface area contributed by atoms with Gasteiger partial charge in [-0.25, -0.2) is 0 Å². The van der Waals surface area contributed by atoms with E-state index in [4.69, 9.17) is 10.5 Å². The molecule has 0 saturated carbocycles. The molecule has 0 unspecified atom stereocenters. The van der Waals surface area contributed by atoms with E-state index in [-0.39, 0.29) is 5.91 Å². The molecule has 5 nitrogen and oxygen atoms in total. The second kappa shape index (κ2) is 8.52. The van der Waals surface area contributed by atoms with Crippen LogP contribution < -0.4 is 10.5 Å². The van der Waals surface area contributed by atoms with E-state index < -0.39 is 0 Å². The molecule has 0 aromatic heterocycles. The Morgan fingerprint density at radius 3 is 2.48 bits per heavy atom. The summed E-state index contributed by atoms with van der Waals surface area (Å²) in [5.74, 6) is 0.971. The van der Waals surface area contributed by atoms with Crippen molar-refractivity contribution in [3.05, 3.63) is 23.8 Å². The Labute approximate surface area is 127 Å². The average molecular weight is 293 g/mol. The quantitative estimate of drug-likeness (QED) is 0.745. The number of hydrogen-bond acceptors (Lipinski definition) is 4. The van der Waals surface area contributed by atoms with Crippen LogP contribution in [0, 0.1) is 0 Å². The first-order valence-corrected chi connectivity index (χ1v) is 7.49. The Bertz CT molecular complexity index is 459. The largest absolute Gasteiger partial charge is 0.494 e. The van der Waals surface area contributed by atoms with Gasteiger partial charge in [0.2, 0.25) is 5.91 Å². The minimum atomic E-state index is 0.143. The second-order valence-corrected chi connectivity index (χ2v) is 5.04. The molecule has 1 aromatic carbocycles. The third kappa shape index (κ3) is 5.27. The standard InChI is InChI=1S/C16H27N3O2/c1-5-19(6-2)16(20)12-18(4)11-13-10-14(17)8-9-15(13)21-7-3/h8-10H,5-7,11-12,17H2,1-4H3. The summed E-state index contributed by atoms with van der Waals surface area (Å²) in [6.07, 6.45) is 0. The third-order valence-corrected chi connectivity index (χ3v) is 3.35. The van der Waals surface area contributed by atoms with Crippen molar-refractivity contribution in [2.45, 2.75) is 27.3 Å². The summed E-state index contributed by atoms with van der Waals surface area (Å²) in [4.78, 5) is 15.9. The molecule has 1 aromatic rings. The van der Waals surface area contributed by atoms with Gasteiger partial charge in [-0.1, -0.05) is 0 Å². The number of hydrogen-bond donors (Lipinski definition) is 1. The minimum absolute atomic E-state index is 0.143. The van der Waals surface area contributed by atoms with E-state index in [0.717, 1.165) is 24.4 Å². The summed E-state index contributed by atoms with van der Waals surface area (Å²) in [6.45, 7) is 9.05. The highest BCUT2D eigenvalue weighted by Crippen LogP contribution is 2.22. The molecule has 0 aliphatic heterocycles. The lowest BCUT2D eigenvalue weighted by molar-refractivity contribution is -0.131. The molecule has 1 rings (SSSR count). The average Bonchev–Trinajstić information content (AvgIpc) is 2.43. The topological polar surface area (TPSA) is 58.8 Å². The predicted octanol–water partition coefficient (Wildman–Crippen LogP) is 1.97. The second-order valence-electron chi connectivity index (χ2n) is 5.04. The van der Waals surface area contributed by atoms with Crippen LogP contribution in [0.2, 0.25) is 0 Å². The number of ether oxygens (including phenoxy) is 1. The van der Waals surface area contributed by atoms with Crippen molar-refractivity contribution >= 4 is 11.6 Å². The van der Waals surface area contributed by atoms with Crippen molar-refractivity contribution in [2.24, 2.45) is 0 Å². The highest BCUT2D eigenvalue weighted by Gasteiger charge is 2.14. The number of rotatable bonds is 8. The first-order chi connectivity index (χ1) is 10.0. The lowest BCUT2D eigenvalue weighted by Gasteiger charge is -2.23.